The van der Waals surface area contributed by atoms with Crippen LogP contribution in [-0.4, -0.2) is 64.6 Å². The lowest BCUT2D eigenvalue weighted by Crippen LogP contribution is -2.39. The maximum Gasteiger partial charge on any atom is 0.243 e. The summed E-state index contributed by atoms with van der Waals surface area (Å²) >= 11 is 0. The molecule has 1 aliphatic heterocycles. The summed E-state index contributed by atoms with van der Waals surface area (Å²) in [4.78, 5) is 12.8. The summed E-state index contributed by atoms with van der Waals surface area (Å²) in [6.45, 7) is 1.12. The molecule has 0 unspecified atom stereocenters. The molecule has 0 radical (unpaired) electrons. The number of amides is 1. The average molecular weight is 516 g/mol. The molecule has 0 saturated carbocycles. The van der Waals surface area contributed by atoms with E-state index >= 15 is 0 Å². The first-order valence-corrected chi connectivity index (χ1v) is 14.4. The van der Waals surface area contributed by atoms with Crippen molar-refractivity contribution >= 4 is 36.7 Å². The Morgan fingerprint density at radius 2 is 1.51 bits per heavy atom. The smallest absolute Gasteiger partial charge is 0.243 e. The molecule has 3 aromatic rings. The molecule has 0 atom stereocenters. The molecule has 0 bridgehead atoms. The van der Waals surface area contributed by atoms with Crippen molar-refractivity contribution in [1.29, 1.82) is 0 Å². The summed E-state index contributed by atoms with van der Waals surface area (Å²) in [6.07, 6.45) is 2.27. The quantitative estimate of drug-likeness (QED) is 0.472. The van der Waals surface area contributed by atoms with E-state index in [-0.39, 0.29) is 16.3 Å². The molecule has 35 heavy (non-hydrogen) atoms. The van der Waals surface area contributed by atoms with E-state index in [1.165, 1.54) is 11.4 Å². The molecule has 0 aromatic heterocycles. The van der Waals surface area contributed by atoms with Gasteiger partial charge in [0.1, 0.15) is 0 Å². The van der Waals surface area contributed by atoms with Crippen molar-refractivity contribution in [3.8, 4) is 0 Å². The molecule has 0 aliphatic carbocycles. The third-order valence-corrected chi connectivity index (χ3v) is 9.87. The molecule has 1 heterocycles. The van der Waals surface area contributed by atoms with Gasteiger partial charge in [0, 0.05) is 26.7 Å². The van der Waals surface area contributed by atoms with Gasteiger partial charge in [0.15, 0.2) is 0 Å². The third kappa shape index (κ3) is 5.72. The number of likely N-dealkylation sites (N-methyl/N-ethyl adjacent to an activating group) is 1. The topological polar surface area (TPSA) is 104 Å². The second kappa shape index (κ2) is 10.4. The first-order valence-electron chi connectivity index (χ1n) is 11.5. The summed E-state index contributed by atoms with van der Waals surface area (Å²) in [7, 11) is -5.89. The fourth-order valence-electron chi connectivity index (χ4n) is 4.10. The highest BCUT2D eigenvalue weighted by molar-refractivity contribution is 7.89. The Morgan fingerprint density at radius 1 is 0.886 bits per heavy atom. The summed E-state index contributed by atoms with van der Waals surface area (Å²) in [5, 5.41) is 4.48. The van der Waals surface area contributed by atoms with Crippen LogP contribution in [0.15, 0.2) is 76.5 Å². The van der Waals surface area contributed by atoms with E-state index in [9.17, 15) is 21.6 Å². The fraction of sp³-hybridized carbons (Fsp3) is 0.320. The minimum Gasteiger partial charge on any atom is -0.355 e. The molecule has 1 aliphatic rings. The van der Waals surface area contributed by atoms with Crippen LogP contribution in [0.1, 0.15) is 18.4 Å². The number of fused-ring (bicyclic) bond motifs is 1. The second-order valence-corrected chi connectivity index (χ2v) is 12.6. The molecule has 1 N–H and O–H groups in total. The largest absolute Gasteiger partial charge is 0.355 e. The van der Waals surface area contributed by atoms with E-state index in [1.807, 2.05) is 24.3 Å². The maximum atomic E-state index is 12.9. The van der Waals surface area contributed by atoms with E-state index in [0.717, 1.165) is 33.5 Å². The van der Waals surface area contributed by atoms with Crippen LogP contribution in [0.2, 0.25) is 0 Å². The third-order valence-electron chi connectivity index (χ3n) is 6.16. The monoisotopic (exact) mass is 515 g/mol. The maximum absolute atomic E-state index is 12.9. The van der Waals surface area contributed by atoms with Gasteiger partial charge in [-0.05, 0) is 59.9 Å². The van der Waals surface area contributed by atoms with Crippen molar-refractivity contribution in [2.45, 2.75) is 29.1 Å². The summed E-state index contributed by atoms with van der Waals surface area (Å²) in [6, 6.07) is 19.0. The number of nitrogens with one attached hydrogen (secondary N) is 1. The van der Waals surface area contributed by atoms with Gasteiger partial charge in [-0.15, -0.1) is 0 Å². The van der Waals surface area contributed by atoms with Gasteiger partial charge in [-0.25, -0.2) is 16.8 Å². The van der Waals surface area contributed by atoms with Crippen molar-refractivity contribution in [3.05, 3.63) is 72.3 Å². The van der Waals surface area contributed by atoms with E-state index in [2.05, 4.69) is 5.32 Å². The van der Waals surface area contributed by atoms with E-state index in [0.29, 0.717) is 26.1 Å². The lowest BCUT2D eigenvalue weighted by atomic mass is 10.1. The van der Waals surface area contributed by atoms with E-state index in [1.54, 1.807) is 42.5 Å². The molecule has 3 aromatic carbocycles. The zero-order valence-corrected chi connectivity index (χ0v) is 21.2. The molecule has 1 saturated heterocycles. The SMILES string of the molecule is CN(CC(=O)NCCc1ccc(S(=O)(=O)N2CCCC2)cc1)S(=O)(=O)c1ccc2ccccc2c1. The van der Waals surface area contributed by atoms with Crippen molar-refractivity contribution < 1.29 is 21.6 Å². The Morgan fingerprint density at radius 3 is 2.20 bits per heavy atom. The molecule has 1 fully saturated rings. The van der Waals surface area contributed by atoms with Gasteiger partial charge < -0.3 is 5.32 Å². The molecular formula is C25H29N3O5S2. The van der Waals surface area contributed by atoms with Crippen LogP contribution in [0.3, 0.4) is 0 Å². The minimum absolute atomic E-state index is 0.135. The highest BCUT2D eigenvalue weighted by Crippen LogP contribution is 2.22. The standard InChI is InChI=1S/C25H29N3O5S2/c1-27(34(30,31)24-13-10-21-6-2-3-7-22(21)18-24)19-25(29)26-15-14-20-8-11-23(12-9-20)35(32,33)28-16-4-5-17-28/h2-3,6-13,18H,4-5,14-17,19H2,1H3,(H,26,29). The Kier molecular flexibility index (Phi) is 7.56. The number of hydrogen-bond acceptors (Lipinski definition) is 5. The second-order valence-electron chi connectivity index (χ2n) is 8.63. The molecule has 10 heteroatoms. The zero-order chi connectivity index (χ0) is 25.1. The molecule has 1 amide bonds. The van der Waals surface area contributed by atoms with Crippen molar-refractivity contribution in [3.63, 3.8) is 0 Å². The van der Waals surface area contributed by atoms with E-state index < -0.39 is 26.0 Å². The molecular weight excluding hydrogens is 486 g/mol. The van der Waals surface area contributed by atoms with Crippen LogP contribution in [0, 0.1) is 0 Å². The van der Waals surface area contributed by atoms with Gasteiger partial charge in [-0.1, -0.05) is 42.5 Å². The van der Waals surface area contributed by atoms with E-state index in [4.69, 9.17) is 0 Å². The predicted octanol–water partition coefficient (Wildman–Crippen LogP) is 2.60. The summed E-state index contributed by atoms with van der Waals surface area (Å²) < 4.78 is 53.6. The van der Waals surface area contributed by atoms with Crippen LogP contribution in [0.4, 0.5) is 0 Å². The highest BCUT2D eigenvalue weighted by atomic mass is 32.2. The number of rotatable bonds is 9. The van der Waals surface area contributed by atoms with Gasteiger partial charge >= 0.3 is 0 Å². The van der Waals surface area contributed by atoms with Crippen LogP contribution in [0.5, 0.6) is 0 Å². The molecule has 8 nitrogen and oxygen atoms in total. The number of carbonyl (C=O) groups is 1. The number of carbonyl (C=O) groups excluding carboxylic acids is 1. The minimum atomic E-state index is -3.82. The molecule has 0 spiro atoms. The number of benzene rings is 3. The number of hydrogen-bond donors (Lipinski definition) is 1. The van der Waals surface area contributed by atoms with Crippen molar-refractivity contribution in [2.75, 3.05) is 33.2 Å². The van der Waals surface area contributed by atoms with Gasteiger partial charge in [0.25, 0.3) is 0 Å². The van der Waals surface area contributed by atoms with Crippen molar-refractivity contribution in [1.82, 2.24) is 13.9 Å². The lowest BCUT2D eigenvalue weighted by Gasteiger charge is -2.17. The van der Waals surface area contributed by atoms with Gasteiger partial charge in [-0.3, -0.25) is 4.79 Å². The lowest BCUT2D eigenvalue weighted by molar-refractivity contribution is -0.121. The predicted molar refractivity (Wildman–Crippen MR) is 135 cm³/mol. The Balaban J connectivity index is 1.30. The molecule has 186 valence electrons. The van der Waals surface area contributed by atoms with Crippen LogP contribution in [0.25, 0.3) is 10.8 Å². The fourth-order valence-corrected chi connectivity index (χ4v) is 6.78. The summed E-state index contributed by atoms with van der Waals surface area (Å²) in [5.74, 6) is -0.412. The van der Waals surface area contributed by atoms with Gasteiger partial charge in [0.05, 0.1) is 16.3 Å². The number of nitrogens with zero attached hydrogens (tertiary/aromatic N) is 2. The first-order chi connectivity index (χ1) is 16.7. The Hall–Kier alpha value is -2.79. The first kappa shape index (κ1) is 25.3. The zero-order valence-electron chi connectivity index (χ0n) is 19.6. The Labute approximate surface area is 206 Å². The number of sulfonamides is 2. The summed E-state index contributed by atoms with van der Waals surface area (Å²) in [5.41, 5.74) is 0.878. The van der Waals surface area contributed by atoms with Gasteiger partial charge in [-0.2, -0.15) is 8.61 Å². The molecule has 4 rings (SSSR count). The normalized spacial score (nSPS) is 15.0. The van der Waals surface area contributed by atoms with Crippen LogP contribution >= 0.6 is 0 Å². The van der Waals surface area contributed by atoms with Crippen LogP contribution in [-0.2, 0) is 31.3 Å². The van der Waals surface area contributed by atoms with Crippen LogP contribution < -0.4 is 5.32 Å². The Bertz CT molecular complexity index is 1410. The highest BCUT2D eigenvalue weighted by Gasteiger charge is 2.27. The average Bonchev–Trinajstić information content (AvgIpc) is 3.40. The van der Waals surface area contributed by atoms with Gasteiger partial charge in [0.2, 0.25) is 26.0 Å². The van der Waals surface area contributed by atoms with Crippen molar-refractivity contribution in [2.24, 2.45) is 0 Å².